The summed E-state index contributed by atoms with van der Waals surface area (Å²) in [6.45, 7) is 3.50. The van der Waals surface area contributed by atoms with E-state index in [2.05, 4.69) is 15.9 Å². The quantitative estimate of drug-likeness (QED) is 0.588. The van der Waals surface area contributed by atoms with Crippen molar-refractivity contribution in [2.45, 2.75) is 26.4 Å². The predicted octanol–water partition coefficient (Wildman–Crippen LogP) is 3.74. The average molecular weight is 368 g/mol. The maximum Gasteiger partial charge on any atom is 0.339 e. The van der Waals surface area contributed by atoms with E-state index in [0.29, 0.717) is 0 Å². The minimum Gasteiger partial charge on any atom is -0.466 e. The first-order valence-electron chi connectivity index (χ1n) is 5.86. The molecule has 7 heteroatoms. The minimum absolute atomic E-state index is 0.0238. The fourth-order valence-electron chi connectivity index (χ4n) is 1.42. The van der Waals surface area contributed by atoms with E-state index in [9.17, 15) is 14.0 Å². The van der Waals surface area contributed by atoms with Gasteiger partial charge in [-0.1, -0.05) is 11.6 Å². The van der Waals surface area contributed by atoms with E-state index in [-0.39, 0.29) is 28.1 Å². The van der Waals surface area contributed by atoms with Gasteiger partial charge in [0, 0.05) is 0 Å². The normalized spacial score (nSPS) is 11.8. The van der Waals surface area contributed by atoms with Crippen LogP contribution >= 0.6 is 27.5 Å². The number of rotatable bonds is 5. The first-order chi connectivity index (χ1) is 9.35. The van der Waals surface area contributed by atoms with Crippen molar-refractivity contribution in [2.75, 3.05) is 6.61 Å². The van der Waals surface area contributed by atoms with Crippen LogP contribution in [0.3, 0.4) is 0 Å². The molecule has 0 aliphatic carbocycles. The number of hydrogen-bond acceptors (Lipinski definition) is 4. The van der Waals surface area contributed by atoms with Crippen LogP contribution in [0.4, 0.5) is 4.39 Å². The lowest BCUT2D eigenvalue weighted by atomic mass is 10.2. The third kappa shape index (κ3) is 4.76. The lowest BCUT2D eigenvalue weighted by molar-refractivity contribution is -0.145. The van der Waals surface area contributed by atoms with Crippen molar-refractivity contribution in [3.05, 3.63) is 33.0 Å². The standard InChI is InChI=1S/C13H13BrClFO4/c1-3-19-12(17)4-7(2)20-13(18)8-5-9(14)11(16)6-10(8)15/h5-7H,3-4H2,1-2H3. The second kappa shape index (κ2) is 7.59. The van der Waals surface area contributed by atoms with Crippen LogP contribution < -0.4 is 0 Å². The molecule has 0 fully saturated rings. The van der Waals surface area contributed by atoms with Crippen molar-refractivity contribution < 1.29 is 23.5 Å². The second-order valence-corrected chi connectivity index (χ2v) is 5.23. The number of ether oxygens (including phenoxy) is 2. The van der Waals surface area contributed by atoms with Crippen LogP contribution in [0.1, 0.15) is 30.6 Å². The summed E-state index contributed by atoms with van der Waals surface area (Å²) in [6.07, 6.45) is -0.721. The fourth-order valence-corrected chi connectivity index (χ4v) is 1.99. The molecule has 0 aromatic heterocycles. The Morgan fingerprint density at radius 1 is 1.45 bits per heavy atom. The van der Waals surface area contributed by atoms with Crippen LogP contribution in [0.5, 0.6) is 0 Å². The monoisotopic (exact) mass is 366 g/mol. The van der Waals surface area contributed by atoms with Crippen LogP contribution in [0, 0.1) is 5.82 Å². The minimum atomic E-state index is -0.729. The molecule has 0 saturated heterocycles. The predicted molar refractivity (Wildman–Crippen MR) is 75.2 cm³/mol. The molecule has 0 N–H and O–H groups in total. The number of carbonyl (C=O) groups excluding carboxylic acids is 2. The number of benzene rings is 1. The van der Waals surface area contributed by atoms with Crippen molar-refractivity contribution >= 4 is 39.5 Å². The third-order valence-corrected chi connectivity index (χ3v) is 3.22. The zero-order chi connectivity index (χ0) is 15.3. The van der Waals surface area contributed by atoms with Gasteiger partial charge in [0.05, 0.1) is 28.1 Å². The lowest BCUT2D eigenvalue weighted by Gasteiger charge is -2.13. The molecule has 110 valence electrons. The van der Waals surface area contributed by atoms with Gasteiger partial charge in [-0.2, -0.15) is 0 Å². The van der Waals surface area contributed by atoms with Gasteiger partial charge in [-0.25, -0.2) is 9.18 Å². The summed E-state index contributed by atoms with van der Waals surface area (Å²) in [5.41, 5.74) is 0.0238. The van der Waals surface area contributed by atoms with Crippen LogP contribution in [0.15, 0.2) is 16.6 Å². The van der Waals surface area contributed by atoms with Gasteiger partial charge < -0.3 is 9.47 Å². The molecule has 0 heterocycles. The molecule has 0 spiro atoms. The van der Waals surface area contributed by atoms with Crippen molar-refractivity contribution in [1.82, 2.24) is 0 Å². The Kier molecular flexibility index (Phi) is 6.42. The second-order valence-electron chi connectivity index (χ2n) is 3.97. The molecule has 1 rings (SSSR count). The molecule has 1 atom stereocenters. The van der Waals surface area contributed by atoms with E-state index >= 15 is 0 Å². The van der Waals surface area contributed by atoms with Gasteiger partial charge in [0.1, 0.15) is 11.9 Å². The molecule has 1 unspecified atom stereocenters. The summed E-state index contributed by atoms with van der Waals surface area (Å²) in [4.78, 5) is 23.1. The van der Waals surface area contributed by atoms with E-state index in [0.717, 1.165) is 6.07 Å². The molecule has 0 amide bonds. The van der Waals surface area contributed by atoms with Gasteiger partial charge in [-0.3, -0.25) is 4.79 Å². The molecule has 0 radical (unpaired) electrons. The Labute approximate surface area is 129 Å². The zero-order valence-corrected chi connectivity index (χ0v) is 13.3. The fraction of sp³-hybridized carbons (Fsp3) is 0.385. The third-order valence-electron chi connectivity index (χ3n) is 2.30. The van der Waals surface area contributed by atoms with E-state index in [1.165, 1.54) is 6.07 Å². The molecule has 1 aromatic rings. The summed E-state index contributed by atoms with van der Waals surface area (Å²) in [5, 5.41) is -0.0564. The van der Waals surface area contributed by atoms with Crippen molar-refractivity contribution in [3.63, 3.8) is 0 Å². The molecule has 1 aromatic carbocycles. The molecule has 20 heavy (non-hydrogen) atoms. The Morgan fingerprint density at radius 3 is 2.70 bits per heavy atom. The van der Waals surface area contributed by atoms with Crippen LogP contribution in [0.25, 0.3) is 0 Å². The molecule has 0 aliphatic heterocycles. The van der Waals surface area contributed by atoms with Gasteiger partial charge in [0.2, 0.25) is 0 Å². The highest BCUT2D eigenvalue weighted by Crippen LogP contribution is 2.25. The molecule has 4 nitrogen and oxygen atoms in total. The highest BCUT2D eigenvalue weighted by Gasteiger charge is 2.19. The maximum atomic E-state index is 13.2. The van der Waals surface area contributed by atoms with Crippen molar-refractivity contribution in [2.24, 2.45) is 0 Å². The largest absolute Gasteiger partial charge is 0.466 e. The van der Waals surface area contributed by atoms with Crippen molar-refractivity contribution in [1.29, 1.82) is 0 Å². The first kappa shape index (κ1) is 16.9. The average Bonchev–Trinajstić information content (AvgIpc) is 2.33. The number of hydrogen-bond donors (Lipinski definition) is 0. The Hall–Kier alpha value is -1.14. The lowest BCUT2D eigenvalue weighted by Crippen LogP contribution is -2.20. The zero-order valence-electron chi connectivity index (χ0n) is 10.9. The van der Waals surface area contributed by atoms with E-state index in [4.69, 9.17) is 21.1 Å². The first-order valence-corrected chi connectivity index (χ1v) is 7.03. The van der Waals surface area contributed by atoms with Crippen LogP contribution in [0.2, 0.25) is 5.02 Å². The molecular formula is C13H13BrClFO4. The number of halogens is 3. The summed E-state index contributed by atoms with van der Waals surface area (Å²) >= 11 is 8.74. The summed E-state index contributed by atoms with van der Waals surface area (Å²) in [6, 6.07) is 2.25. The van der Waals surface area contributed by atoms with Crippen LogP contribution in [-0.4, -0.2) is 24.6 Å². The highest BCUT2D eigenvalue weighted by atomic mass is 79.9. The van der Waals surface area contributed by atoms with Crippen LogP contribution in [-0.2, 0) is 14.3 Å². The summed E-state index contributed by atoms with van der Waals surface area (Å²) in [7, 11) is 0. The number of esters is 2. The topological polar surface area (TPSA) is 52.6 Å². The van der Waals surface area contributed by atoms with Gasteiger partial charge in [-0.15, -0.1) is 0 Å². The Bertz CT molecular complexity index is 521. The molecule has 0 aliphatic rings. The van der Waals surface area contributed by atoms with Gasteiger partial charge in [0.25, 0.3) is 0 Å². The summed E-state index contributed by atoms with van der Waals surface area (Å²) < 4.78 is 23.1. The number of carbonyl (C=O) groups is 2. The van der Waals surface area contributed by atoms with Gasteiger partial charge >= 0.3 is 11.9 Å². The maximum absolute atomic E-state index is 13.2. The smallest absolute Gasteiger partial charge is 0.339 e. The molecule has 0 saturated carbocycles. The molecular weight excluding hydrogens is 354 g/mol. The Balaban J connectivity index is 2.72. The van der Waals surface area contributed by atoms with E-state index in [1.54, 1.807) is 13.8 Å². The SMILES string of the molecule is CCOC(=O)CC(C)OC(=O)c1cc(Br)c(F)cc1Cl. The van der Waals surface area contributed by atoms with Gasteiger partial charge in [0.15, 0.2) is 0 Å². The van der Waals surface area contributed by atoms with Crippen molar-refractivity contribution in [3.8, 4) is 0 Å². The highest BCUT2D eigenvalue weighted by molar-refractivity contribution is 9.10. The Morgan fingerprint density at radius 2 is 2.10 bits per heavy atom. The summed E-state index contributed by atoms with van der Waals surface area (Å²) in [5.74, 6) is -1.77. The molecule has 0 bridgehead atoms. The van der Waals surface area contributed by atoms with E-state index < -0.39 is 23.9 Å². The van der Waals surface area contributed by atoms with E-state index in [1.807, 2.05) is 0 Å². The van der Waals surface area contributed by atoms with Gasteiger partial charge in [-0.05, 0) is 41.9 Å².